The van der Waals surface area contributed by atoms with Gasteiger partial charge in [0.05, 0.1) is 11.4 Å². The Morgan fingerprint density at radius 3 is 2.81 bits per heavy atom. The van der Waals surface area contributed by atoms with E-state index in [0.717, 1.165) is 5.56 Å². The summed E-state index contributed by atoms with van der Waals surface area (Å²) in [5.41, 5.74) is 1.31. The van der Waals surface area contributed by atoms with Crippen LogP contribution in [0.3, 0.4) is 0 Å². The number of tetrazole rings is 1. The molecule has 0 aliphatic carbocycles. The third kappa shape index (κ3) is 3.97. The summed E-state index contributed by atoms with van der Waals surface area (Å²) in [6.07, 6.45) is 0.527. The summed E-state index contributed by atoms with van der Waals surface area (Å²) in [5, 5.41) is 13.9. The summed E-state index contributed by atoms with van der Waals surface area (Å²) in [7, 11) is 0. The molecule has 0 spiro atoms. The number of carbonyl (C=O) groups excluding carboxylic acids is 1. The Balaban J connectivity index is 1.73. The molecular formula is C17H15ClFN5O2. The van der Waals surface area contributed by atoms with Gasteiger partial charge in [0.1, 0.15) is 17.9 Å². The molecule has 7 nitrogen and oxygen atoms in total. The molecule has 1 N–H and O–H groups in total. The number of ether oxygens (including phenoxy) is 1. The average molecular weight is 376 g/mol. The molecule has 26 heavy (non-hydrogen) atoms. The van der Waals surface area contributed by atoms with Crippen molar-refractivity contribution in [2.24, 2.45) is 0 Å². The van der Waals surface area contributed by atoms with Crippen LogP contribution in [0.25, 0.3) is 5.69 Å². The van der Waals surface area contributed by atoms with E-state index in [1.54, 1.807) is 25.1 Å². The van der Waals surface area contributed by atoms with Crippen LogP contribution >= 0.6 is 11.6 Å². The first kappa shape index (κ1) is 17.8. The molecule has 0 bridgehead atoms. The lowest BCUT2D eigenvalue weighted by Crippen LogP contribution is -2.30. The van der Waals surface area contributed by atoms with Gasteiger partial charge in [-0.25, -0.2) is 9.07 Å². The van der Waals surface area contributed by atoms with Crippen LogP contribution in [0.4, 0.5) is 10.1 Å². The molecule has 9 heteroatoms. The number of hydrogen-bond acceptors (Lipinski definition) is 5. The number of amides is 1. The molecule has 1 heterocycles. The highest BCUT2D eigenvalue weighted by atomic mass is 35.5. The van der Waals surface area contributed by atoms with Gasteiger partial charge in [-0.3, -0.25) is 4.79 Å². The predicted molar refractivity (Wildman–Crippen MR) is 94.0 cm³/mol. The molecule has 0 radical (unpaired) electrons. The van der Waals surface area contributed by atoms with E-state index in [0.29, 0.717) is 16.5 Å². The lowest BCUT2D eigenvalue weighted by molar-refractivity contribution is -0.122. The minimum atomic E-state index is -0.842. The fourth-order valence-electron chi connectivity index (χ4n) is 2.25. The maximum Gasteiger partial charge on any atom is 0.265 e. The summed E-state index contributed by atoms with van der Waals surface area (Å²) in [6, 6.07) is 9.24. The predicted octanol–water partition coefficient (Wildman–Crippen LogP) is 3.17. The van der Waals surface area contributed by atoms with E-state index in [1.807, 2.05) is 6.92 Å². The first-order valence-electron chi connectivity index (χ1n) is 7.70. The van der Waals surface area contributed by atoms with E-state index < -0.39 is 17.8 Å². The number of aryl methyl sites for hydroxylation is 1. The monoisotopic (exact) mass is 375 g/mol. The van der Waals surface area contributed by atoms with Crippen LogP contribution in [-0.2, 0) is 4.79 Å². The van der Waals surface area contributed by atoms with Crippen molar-refractivity contribution in [1.29, 1.82) is 0 Å². The second kappa shape index (κ2) is 7.49. The Morgan fingerprint density at radius 1 is 1.31 bits per heavy atom. The molecule has 0 aliphatic heterocycles. The number of halogens is 2. The van der Waals surface area contributed by atoms with Crippen molar-refractivity contribution in [3.8, 4) is 11.4 Å². The lowest BCUT2D eigenvalue weighted by Gasteiger charge is -2.17. The van der Waals surface area contributed by atoms with E-state index >= 15 is 0 Å². The number of aromatic nitrogens is 4. The van der Waals surface area contributed by atoms with Gasteiger partial charge in [0.2, 0.25) is 0 Å². The van der Waals surface area contributed by atoms with Gasteiger partial charge in [0.25, 0.3) is 5.91 Å². The molecule has 134 valence electrons. The molecular weight excluding hydrogens is 361 g/mol. The highest BCUT2D eigenvalue weighted by molar-refractivity contribution is 6.30. The molecule has 0 saturated heterocycles. The number of nitrogens with one attached hydrogen (secondary N) is 1. The van der Waals surface area contributed by atoms with E-state index in [4.69, 9.17) is 16.3 Å². The van der Waals surface area contributed by atoms with Crippen LogP contribution in [-0.4, -0.2) is 32.2 Å². The zero-order valence-corrected chi connectivity index (χ0v) is 14.7. The second-order valence-corrected chi connectivity index (χ2v) is 6.01. The Labute approximate surface area is 153 Å². The van der Waals surface area contributed by atoms with E-state index in [1.165, 1.54) is 29.2 Å². The Bertz CT molecular complexity index is 933. The fourth-order valence-corrected chi connectivity index (χ4v) is 2.48. The first-order chi connectivity index (χ1) is 12.4. The van der Waals surface area contributed by atoms with Gasteiger partial charge in [0.15, 0.2) is 6.10 Å². The Kier molecular flexibility index (Phi) is 5.13. The molecule has 2 aromatic carbocycles. The highest BCUT2D eigenvalue weighted by Gasteiger charge is 2.18. The van der Waals surface area contributed by atoms with Crippen molar-refractivity contribution >= 4 is 23.2 Å². The quantitative estimate of drug-likeness (QED) is 0.740. The zero-order valence-electron chi connectivity index (χ0n) is 14.0. The molecule has 0 saturated carbocycles. The van der Waals surface area contributed by atoms with Gasteiger partial charge < -0.3 is 10.1 Å². The van der Waals surface area contributed by atoms with Crippen LogP contribution in [0, 0.1) is 12.7 Å². The Morgan fingerprint density at radius 2 is 2.12 bits per heavy atom. The number of benzene rings is 2. The van der Waals surface area contributed by atoms with Gasteiger partial charge in [-0.05, 0) is 66.2 Å². The third-order valence-corrected chi connectivity index (χ3v) is 3.87. The van der Waals surface area contributed by atoms with Crippen LogP contribution in [0.1, 0.15) is 12.5 Å². The van der Waals surface area contributed by atoms with E-state index in [2.05, 4.69) is 20.8 Å². The first-order valence-corrected chi connectivity index (χ1v) is 8.08. The van der Waals surface area contributed by atoms with Crippen molar-refractivity contribution in [1.82, 2.24) is 20.2 Å². The van der Waals surface area contributed by atoms with Gasteiger partial charge in [0, 0.05) is 5.02 Å². The number of hydrogen-bond donors (Lipinski definition) is 1. The van der Waals surface area contributed by atoms with Gasteiger partial charge in [-0.2, -0.15) is 0 Å². The van der Waals surface area contributed by atoms with Crippen molar-refractivity contribution < 1.29 is 13.9 Å². The fraction of sp³-hybridized carbons (Fsp3) is 0.176. The van der Waals surface area contributed by atoms with Crippen LogP contribution < -0.4 is 10.1 Å². The van der Waals surface area contributed by atoms with Gasteiger partial charge in [-0.15, -0.1) is 5.10 Å². The highest BCUT2D eigenvalue weighted by Crippen LogP contribution is 2.23. The number of carbonyl (C=O) groups is 1. The van der Waals surface area contributed by atoms with E-state index in [9.17, 15) is 9.18 Å². The van der Waals surface area contributed by atoms with Crippen molar-refractivity contribution in [2.45, 2.75) is 20.0 Å². The Hall–Kier alpha value is -3.00. The molecule has 0 fully saturated rings. The summed E-state index contributed by atoms with van der Waals surface area (Å²) < 4.78 is 21.0. The van der Waals surface area contributed by atoms with Crippen LogP contribution in [0.5, 0.6) is 5.75 Å². The molecule has 0 aliphatic rings. The lowest BCUT2D eigenvalue weighted by atomic mass is 10.2. The topological polar surface area (TPSA) is 81.9 Å². The molecule has 1 aromatic heterocycles. The maximum atomic E-state index is 14.0. The van der Waals surface area contributed by atoms with Crippen LogP contribution in [0.15, 0.2) is 42.7 Å². The van der Waals surface area contributed by atoms with E-state index in [-0.39, 0.29) is 5.69 Å². The summed E-state index contributed by atoms with van der Waals surface area (Å²) >= 11 is 5.91. The molecule has 1 unspecified atom stereocenters. The number of anilines is 1. The maximum absolute atomic E-state index is 14.0. The van der Waals surface area contributed by atoms with Crippen molar-refractivity contribution in [3.05, 3.63) is 59.1 Å². The van der Waals surface area contributed by atoms with Crippen molar-refractivity contribution in [3.63, 3.8) is 0 Å². The molecule has 1 amide bonds. The standard InChI is InChI=1S/C17H15ClFN5O2/c1-10-7-12(18)3-6-16(10)26-11(2)17(25)21-15-8-13(4-5-14(15)19)24-9-20-22-23-24/h3-9,11H,1-2H3,(H,21,25). The smallest absolute Gasteiger partial charge is 0.265 e. The normalized spacial score (nSPS) is 11.8. The van der Waals surface area contributed by atoms with Crippen LogP contribution in [0.2, 0.25) is 5.02 Å². The van der Waals surface area contributed by atoms with Gasteiger partial charge in [-0.1, -0.05) is 11.6 Å². The summed E-state index contributed by atoms with van der Waals surface area (Å²) in [4.78, 5) is 12.4. The number of rotatable bonds is 5. The summed E-state index contributed by atoms with van der Waals surface area (Å²) in [6.45, 7) is 3.40. The number of nitrogens with zero attached hydrogens (tertiary/aromatic N) is 4. The SMILES string of the molecule is Cc1cc(Cl)ccc1OC(C)C(=O)Nc1cc(-n2cnnn2)ccc1F. The van der Waals surface area contributed by atoms with Crippen molar-refractivity contribution in [2.75, 3.05) is 5.32 Å². The molecule has 3 aromatic rings. The largest absolute Gasteiger partial charge is 0.481 e. The summed E-state index contributed by atoms with van der Waals surface area (Å²) in [5.74, 6) is -0.544. The third-order valence-electron chi connectivity index (χ3n) is 3.63. The second-order valence-electron chi connectivity index (χ2n) is 5.58. The van der Waals surface area contributed by atoms with Gasteiger partial charge >= 0.3 is 0 Å². The molecule has 3 rings (SSSR count). The molecule has 1 atom stereocenters. The average Bonchev–Trinajstić information content (AvgIpc) is 3.13. The minimum absolute atomic E-state index is 0.00581. The minimum Gasteiger partial charge on any atom is -0.481 e. The zero-order chi connectivity index (χ0) is 18.7.